The largest absolute Gasteiger partial charge is 0.324 e. The zero-order valence-electron chi connectivity index (χ0n) is 9.43. The highest BCUT2D eigenvalue weighted by Gasteiger charge is 2.07. The molecule has 0 aliphatic rings. The SMILES string of the molecule is Cn1c(CN)nnc1SCc1cccc(Br)c1. The van der Waals surface area contributed by atoms with Gasteiger partial charge in [-0.25, -0.2) is 0 Å². The number of nitrogens with zero attached hydrogens (tertiary/aromatic N) is 3. The molecule has 0 atom stereocenters. The molecular weight excluding hydrogens is 300 g/mol. The molecule has 0 bridgehead atoms. The van der Waals surface area contributed by atoms with E-state index in [2.05, 4.69) is 38.3 Å². The smallest absolute Gasteiger partial charge is 0.191 e. The number of thioether (sulfide) groups is 1. The van der Waals surface area contributed by atoms with E-state index in [1.807, 2.05) is 23.7 Å². The van der Waals surface area contributed by atoms with Crippen LogP contribution in [0.5, 0.6) is 0 Å². The molecule has 2 rings (SSSR count). The third-order valence-electron chi connectivity index (χ3n) is 2.36. The molecule has 1 aromatic carbocycles. The molecule has 1 heterocycles. The molecule has 1 aromatic heterocycles. The molecule has 0 aliphatic carbocycles. The Balaban J connectivity index is 2.05. The van der Waals surface area contributed by atoms with Gasteiger partial charge < -0.3 is 10.3 Å². The van der Waals surface area contributed by atoms with Crippen LogP contribution in [-0.2, 0) is 19.3 Å². The average Bonchev–Trinajstić information content (AvgIpc) is 2.67. The molecule has 2 N–H and O–H groups in total. The molecule has 0 aliphatic heterocycles. The molecule has 0 spiro atoms. The monoisotopic (exact) mass is 312 g/mol. The summed E-state index contributed by atoms with van der Waals surface area (Å²) in [7, 11) is 1.94. The van der Waals surface area contributed by atoms with Crippen LogP contribution in [-0.4, -0.2) is 14.8 Å². The lowest BCUT2D eigenvalue weighted by Crippen LogP contribution is -2.05. The van der Waals surface area contributed by atoms with Crippen molar-refractivity contribution in [1.82, 2.24) is 14.8 Å². The molecule has 0 saturated heterocycles. The Morgan fingerprint density at radius 1 is 1.41 bits per heavy atom. The molecular formula is C11H13BrN4S. The summed E-state index contributed by atoms with van der Waals surface area (Å²) in [5.74, 6) is 1.68. The maximum atomic E-state index is 5.55. The number of halogens is 1. The van der Waals surface area contributed by atoms with Crippen molar-refractivity contribution < 1.29 is 0 Å². The Kier molecular flexibility index (Phi) is 4.20. The number of benzene rings is 1. The summed E-state index contributed by atoms with van der Waals surface area (Å²) >= 11 is 5.12. The highest BCUT2D eigenvalue weighted by atomic mass is 79.9. The molecule has 17 heavy (non-hydrogen) atoms. The summed E-state index contributed by atoms with van der Waals surface area (Å²) in [4.78, 5) is 0. The van der Waals surface area contributed by atoms with Crippen LogP contribution < -0.4 is 5.73 Å². The van der Waals surface area contributed by atoms with Crippen LogP contribution in [0.1, 0.15) is 11.4 Å². The molecule has 2 aromatic rings. The van der Waals surface area contributed by atoms with Gasteiger partial charge in [-0.3, -0.25) is 0 Å². The van der Waals surface area contributed by atoms with Crippen LogP contribution in [0.15, 0.2) is 33.9 Å². The number of rotatable bonds is 4. The van der Waals surface area contributed by atoms with Gasteiger partial charge >= 0.3 is 0 Å². The highest BCUT2D eigenvalue weighted by molar-refractivity contribution is 9.10. The summed E-state index contributed by atoms with van der Waals surface area (Å²) < 4.78 is 3.03. The second-order valence-corrected chi connectivity index (χ2v) is 5.44. The van der Waals surface area contributed by atoms with Gasteiger partial charge in [0.25, 0.3) is 0 Å². The molecule has 0 amide bonds. The van der Waals surface area contributed by atoms with E-state index in [9.17, 15) is 0 Å². The van der Waals surface area contributed by atoms with Crippen molar-refractivity contribution in [3.05, 3.63) is 40.1 Å². The maximum Gasteiger partial charge on any atom is 0.191 e. The van der Waals surface area contributed by atoms with E-state index in [0.717, 1.165) is 21.2 Å². The molecule has 0 radical (unpaired) electrons. The molecule has 0 unspecified atom stereocenters. The number of nitrogens with two attached hydrogens (primary N) is 1. The fraction of sp³-hybridized carbons (Fsp3) is 0.273. The van der Waals surface area contributed by atoms with E-state index < -0.39 is 0 Å². The lowest BCUT2D eigenvalue weighted by atomic mass is 10.2. The highest BCUT2D eigenvalue weighted by Crippen LogP contribution is 2.22. The lowest BCUT2D eigenvalue weighted by Gasteiger charge is -2.03. The molecule has 0 saturated carbocycles. The van der Waals surface area contributed by atoms with Crippen molar-refractivity contribution in [2.75, 3.05) is 0 Å². The molecule has 6 heteroatoms. The fourth-order valence-corrected chi connectivity index (χ4v) is 2.74. The van der Waals surface area contributed by atoms with E-state index in [-0.39, 0.29) is 0 Å². The van der Waals surface area contributed by atoms with Crippen molar-refractivity contribution in [1.29, 1.82) is 0 Å². The van der Waals surface area contributed by atoms with Crippen LogP contribution in [0.3, 0.4) is 0 Å². The quantitative estimate of drug-likeness (QED) is 0.880. The Labute approximate surface area is 113 Å². The van der Waals surface area contributed by atoms with Gasteiger partial charge in [-0.15, -0.1) is 10.2 Å². The first kappa shape index (κ1) is 12.6. The summed E-state index contributed by atoms with van der Waals surface area (Å²) in [6.07, 6.45) is 0. The first-order chi connectivity index (χ1) is 8.20. The summed E-state index contributed by atoms with van der Waals surface area (Å²) in [5.41, 5.74) is 6.80. The summed E-state index contributed by atoms with van der Waals surface area (Å²) in [5, 5.41) is 9.02. The van der Waals surface area contributed by atoms with E-state index in [0.29, 0.717) is 6.54 Å². The fourth-order valence-electron chi connectivity index (χ4n) is 1.42. The average molecular weight is 313 g/mol. The second-order valence-electron chi connectivity index (χ2n) is 3.58. The van der Waals surface area contributed by atoms with Gasteiger partial charge in [0.05, 0.1) is 6.54 Å². The predicted molar refractivity (Wildman–Crippen MR) is 72.6 cm³/mol. The third kappa shape index (κ3) is 3.08. The Hall–Kier alpha value is -0.850. The van der Waals surface area contributed by atoms with Gasteiger partial charge in [0, 0.05) is 17.3 Å². The van der Waals surface area contributed by atoms with Crippen molar-refractivity contribution in [3.63, 3.8) is 0 Å². The standard InChI is InChI=1S/C11H13BrN4S/c1-16-10(6-13)14-15-11(16)17-7-8-3-2-4-9(12)5-8/h2-5H,6-7,13H2,1H3. The van der Waals surface area contributed by atoms with Gasteiger partial charge in [0.15, 0.2) is 5.16 Å². The van der Waals surface area contributed by atoms with Crippen LogP contribution in [0.2, 0.25) is 0 Å². The van der Waals surface area contributed by atoms with E-state index in [4.69, 9.17) is 5.73 Å². The minimum atomic E-state index is 0.418. The van der Waals surface area contributed by atoms with E-state index in [1.54, 1.807) is 11.8 Å². The number of hydrogen-bond acceptors (Lipinski definition) is 4. The first-order valence-corrected chi connectivity index (χ1v) is 6.94. The minimum Gasteiger partial charge on any atom is -0.324 e. The van der Waals surface area contributed by atoms with Crippen molar-refractivity contribution in [2.24, 2.45) is 12.8 Å². The second kappa shape index (κ2) is 5.66. The zero-order valence-corrected chi connectivity index (χ0v) is 11.8. The van der Waals surface area contributed by atoms with Gasteiger partial charge in [0.2, 0.25) is 0 Å². The van der Waals surface area contributed by atoms with Gasteiger partial charge in [-0.05, 0) is 17.7 Å². The Bertz CT molecular complexity index is 512. The van der Waals surface area contributed by atoms with Crippen molar-refractivity contribution >= 4 is 27.7 Å². The van der Waals surface area contributed by atoms with Crippen LogP contribution in [0.25, 0.3) is 0 Å². The van der Waals surface area contributed by atoms with Gasteiger partial charge in [0.1, 0.15) is 5.82 Å². The van der Waals surface area contributed by atoms with Crippen LogP contribution in [0.4, 0.5) is 0 Å². The Morgan fingerprint density at radius 2 is 2.24 bits per heavy atom. The van der Waals surface area contributed by atoms with E-state index >= 15 is 0 Å². The van der Waals surface area contributed by atoms with Crippen LogP contribution >= 0.6 is 27.7 Å². The predicted octanol–water partition coefficient (Wildman–Crippen LogP) is 2.33. The first-order valence-electron chi connectivity index (χ1n) is 5.16. The molecule has 0 fully saturated rings. The van der Waals surface area contributed by atoms with Crippen LogP contribution in [0, 0.1) is 0 Å². The van der Waals surface area contributed by atoms with Crippen molar-refractivity contribution in [2.45, 2.75) is 17.5 Å². The molecule has 4 nitrogen and oxygen atoms in total. The zero-order chi connectivity index (χ0) is 12.3. The topological polar surface area (TPSA) is 56.7 Å². The molecule has 90 valence electrons. The third-order valence-corrected chi connectivity index (χ3v) is 3.95. The van der Waals surface area contributed by atoms with Gasteiger partial charge in [-0.1, -0.05) is 39.8 Å². The Morgan fingerprint density at radius 3 is 2.88 bits per heavy atom. The number of aromatic nitrogens is 3. The number of hydrogen-bond donors (Lipinski definition) is 1. The van der Waals surface area contributed by atoms with E-state index in [1.165, 1.54) is 5.56 Å². The van der Waals surface area contributed by atoms with Crippen molar-refractivity contribution in [3.8, 4) is 0 Å². The van der Waals surface area contributed by atoms with Gasteiger partial charge in [-0.2, -0.15) is 0 Å². The lowest BCUT2D eigenvalue weighted by molar-refractivity contribution is 0.734. The minimum absolute atomic E-state index is 0.418. The normalized spacial score (nSPS) is 10.8. The summed E-state index contributed by atoms with van der Waals surface area (Å²) in [6.45, 7) is 0.418. The summed E-state index contributed by atoms with van der Waals surface area (Å²) in [6, 6.07) is 8.25. The maximum absolute atomic E-state index is 5.55.